The summed E-state index contributed by atoms with van der Waals surface area (Å²) >= 11 is 0. The molecule has 0 spiro atoms. The van der Waals surface area contributed by atoms with Gasteiger partial charge in [0, 0.05) is 31.3 Å². The Morgan fingerprint density at radius 1 is 1.28 bits per heavy atom. The van der Waals surface area contributed by atoms with Crippen LogP contribution in [0.15, 0.2) is 47.3 Å². The van der Waals surface area contributed by atoms with Gasteiger partial charge in [0.15, 0.2) is 0 Å². The zero-order valence-electron chi connectivity index (χ0n) is 18.1. The topological polar surface area (TPSA) is 130 Å². The first-order valence-corrected chi connectivity index (χ1v) is 10.1. The molecule has 1 heterocycles. The van der Waals surface area contributed by atoms with Gasteiger partial charge in [-0.1, -0.05) is 12.1 Å². The van der Waals surface area contributed by atoms with Crippen molar-refractivity contribution < 1.29 is 14.5 Å². The van der Waals surface area contributed by atoms with E-state index in [0.717, 1.165) is 0 Å². The molecule has 2 N–H and O–H groups in total. The van der Waals surface area contributed by atoms with Gasteiger partial charge in [0.1, 0.15) is 11.5 Å². The van der Waals surface area contributed by atoms with Gasteiger partial charge in [0.05, 0.1) is 29.0 Å². The number of amides is 1. The van der Waals surface area contributed by atoms with E-state index < -0.39 is 10.8 Å². The van der Waals surface area contributed by atoms with E-state index in [2.05, 4.69) is 15.3 Å². The lowest BCUT2D eigenvalue weighted by molar-refractivity contribution is -0.384. The molecule has 0 saturated heterocycles. The summed E-state index contributed by atoms with van der Waals surface area (Å²) in [5, 5.41) is 14.9. The molecule has 1 aromatic heterocycles. The minimum absolute atomic E-state index is 0.0538. The van der Waals surface area contributed by atoms with Crippen LogP contribution in [-0.4, -0.2) is 52.0 Å². The number of methoxy groups -OCH3 is 1. The lowest BCUT2D eigenvalue weighted by Gasteiger charge is -2.26. The van der Waals surface area contributed by atoms with Crippen LogP contribution in [0.3, 0.4) is 0 Å². The quantitative estimate of drug-likeness (QED) is 0.298. The molecule has 0 saturated carbocycles. The molecule has 10 heteroatoms. The summed E-state index contributed by atoms with van der Waals surface area (Å²) in [5.74, 6) is -0.0644. The lowest BCUT2D eigenvalue weighted by atomic mass is 10.1. The molecule has 32 heavy (non-hydrogen) atoms. The Balaban J connectivity index is 1.90. The SMILES string of the molecule is COCCNc1ccc(C(=O)N(Cc2nc3ccccc3c(=O)[nH]2)C(C)C)cc1[N+](=O)[O-]. The minimum atomic E-state index is -0.534. The summed E-state index contributed by atoms with van der Waals surface area (Å²) in [5.41, 5.74) is 0.521. The highest BCUT2D eigenvalue weighted by Gasteiger charge is 2.24. The summed E-state index contributed by atoms with van der Waals surface area (Å²) in [6.07, 6.45) is 0. The predicted molar refractivity (Wildman–Crippen MR) is 121 cm³/mol. The van der Waals surface area contributed by atoms with Gasteiger partial charge in [-0.25, -0.2) is 4.98 Å². The molecule has 0 aliphatic carbocycles. The van der Waals surface area contributed by atoms with Crippen molar-refractivity contribution in [1.29, 1.82) is 0 Å². The number of nitrogens with one attached hydrogen (secondary N) is 2. The molecule has 0 unspecified atom stereocenters. The Hall–Kier alpha value is -3.79. The van der Waals surface area contributed by atoms with Crippen LogP contribution in [-0.2, 0) is 11.3 Å². The molecule has 0 aliphatic rings. The number of H-pyrrole nitrogens is 1. The average Bonchev–Trinajstić information content (AvgIpc) is 2.77. The summed E-state index contributed by atoms with van der Waals surface area (Å²) in [4.78, 5) is 45.3. The van der Waals surface area contributed by atoms with Crippen LogP contribution in [0.5, 0.6) is 0 Å². The van der Waals surface area contributed by atoms with Gasteiger partial charge >= 0.3 is 0 Å². The maximum absolute atomic E-state index is 13.2. The Morgan fingerprint density at radius 2 is 2.03 bits per heavy atom. The number of aromatic nitrogens is 2. The fourth-order valence-corrected chi connectivity index (χ4v) is 3.28. The van der Waals surface area contributed by atoms with E-state index in [0.29, 0.717) is 35.6 Å². The Labute approximate surface area is 184 Å². The van der Waals surface area contributed by atoms with Crippen molar-refractivity contribution in [1.82, 2.24) is 14.9 Å². The third-order valence-electron chi connectivity index (χ3n) is 4.93. The fraction of sp³-hybridized carbons (Fsp3) is 0.318. The average molecular weight is 439 g/mol. The lowest BCUT2D eigenvalue weighted by Crippen LogP contribution is -2.37. The zero-order valence-corrected chi connectivity index (χ0v) is 18.1. The summed E-state index contributed by atoms with van der Waals surface area (Å²) in [7, 11) is 1.54. The van der Waals surface area contributed by atoms with E-state index in [1.54, 1.807) is 24.3 Å². The third-order valence-corrected chi connectivity index (χ3v) is 4.93. The molecule has 0 aliphatic heterocycles. The summed E-state index contributed by atoms with van der Waals surface area (Å²) < 4.78 is 4.95. The molecule has 3 rings (SSSR count). The van der Waals surface area contributed by atoms with Crippen molar-refractivity contribution in [2.45, 2.75) is 26.4 Å². The number of aromatic amines is 1. The smallest absolute Gasteiger partial charge is 0.293 e. The summed E-state index contributed by atoms with van der Waals surface area (Å²) in [6.45, 7) is 4.48. The van der Waals surface area contributed by atoms with Crippen LogP contribution in [0.1, 0.15) is 30.0 Å². The number of ether oxygens (including phenoxy) is 1. The zero-order chi connectivity index (χ0) is 23.3. The van der Waals surface area contributed by atoms with Crippen molar-refractivity contribution in [2.75, 3.05) is 25.6 Å². The monoisotopic (exact) mass is 439 g/mol. The van der Waals surface area contributed by atoms with Crippen molar-refractivity contribution in [3.8, 4) is 0 Å². The van der Waals surface area contributed by atoms with Crippen molar-refractivity contribution in [3.63, 3.8) is 0 Å². The molecular formula is C22H25N5O5. The molecule has 2 aromatic carbocycles. The number of hydrogen-bond donors (Lipinski definition) is 2. The highest BCUT2D eigenvalue weighted by Crippen LogP contribution is 2.26. The number of nitro groups is 1. The van der Waals surface area contributed by atoms with Crippen LogP contribution >= 0.6 is 0 Å². The van der Waals surface area contributed by atoms with Gasteiger partial charge in [0.2, 0.25) is 0 Å². The number of hydrogen-bond acceptors (Lipinski definition) is 7. The molecule has 0 fully saturated rings. The van der Waals surface area contributed by atoms with Gasteiger partial charge in [0.25, 0.3) is 17.2 Å². The van der Waals surface area contributed by atoms with Crippen LogP contribution in [0.2, 0.25) is 0 Å². The highest BCUT2D eigenvalue weighted by molar-refractivity contribution is 5.96. The van der Waals surface area contributed by atoms with Gasteiger partial charge in [-0.2, -0.15) is 0 Å². The number of rotatable bonds is 9. The number of anilines is 1. The van der Waals surface area contributed by atoms with E-state index in [1.807, 2.05) is 13.8 Å². The van der Waals surface area contributed by atoms with Crippen LogP contribution < -0.4 is 10.9 Å². The van der Waals surface area contributed by atoms with E-state index in [4.69, 9.17) is 4.74 Å². The number of carbonyl (C=O) groups is 1. The molecule has 0 atom stereocenters. The number of carbonyl (C=O) groups excluding carboxylic acids is 1. The Morgan fingerprint density at radius 3 is 2.72 bits per heavy atom. The van der Waals surface area contributed by atoms with Crippen LogP contribution in [0.25, 0.3) is 10.9 Å². The normalized spacial score (nSPS) is 11.0. The molecular weight excluding hydrogens is 414 g/mol. The number of fused-ring (bicyclic) bond motifs is 1. The van der Waals surface area contributed by atoms with E-state index in [1.165, 1.54) is 30.2 Å². The number of para-hydroxylation sites is 1. The summed E-state index contributed by atoms with van der Waals surface area (Å²) in [6, 6.07) is 11.0. The maximum Gasteiger partial charge on any atom is 0.293 e. The Kier molecular flexibility index (Phi) is 7.16. The molecule has 0 bridgehead atoms. The Bertz CT molecular complexity index is 1190. The predicted octanol–water partition coefficient (Wildman–Crippen LogP) is 2.94. The standard InChI is InChI=1S/C22H25N5O5/c1-14(2)26(13-20-24-17-7-5-4-6-16(17)21(28)25-20)22(29)15-8-9-18(23-10-11-32-3)19(12-15)27(30)31/h4-9,12,14,23H,10-11,13H2,1-3H3,(H,24,25,28). The first kappa shape index (κ1) is 22.9. The molecule has 3 aromatic rings. The van der Waals surface area contributed by atoms with Gasteiger partial charge in [-0.3, -0.25) is 19.7 Å². The second kappa shape index (κ2) is 10.0. The minimum Gasteiger partial charge on any atom is -0.383 e. The number of nitro benzene ring substituents is 1. The number of nitrogens with zero attached hydrogens (tertiary/aromatic N) is 3. The second-order valence-electron chi connectivity index (χ2n) is 7.47. The van der Waals surface area contributed by atoms with Crippen molar-refractivity contribution in [2.24, 2.45) is 0 Å². The third kappa shape index (κ3) is 5.09. The molecule has 168 valence electrons. The fourth-order valence-electron chi connectivity index (χ4n) is 3.28. The maximum atomic E-state index is 13.2. The van der Waals surface area contributed by atoms with E-state index in [9.17, 15) is 19.7 Å². The van der Waals surface area contributed by atoms with Gasteiger partial charge < -0.3 is 19.9 Å². The first-order valence-electron chi connectivity index (χ1n) is 10.1. The molecule has 0 radical (unpaired) electrons. The van der Waals surface area contributed by atoms with Crippen LogP contribution in [0, 0.1) is 10.1 Å². The van der Waals surface area contributed by atoms with E-state index >= 15 is 0 Å². The van der Waals surface area contributed by atoms with Crippen LogP contribution in [0.4, 0.5) is 11.4 Å². The first-order chi connectivity index (χ1) is 15.3. The van der Waals surface area contributed by atoms with E-state index in [-0.39, 0.29) is 29.4 Å². The van der Waals surface area contributed by atoms with Gasteiger partial charge in [-0.05, 0) is 38.1 Å². The van der Waals surface area contributed by atoms with Crippen molar-refractivity contribution >= 4 is 28.2 Å². The highest BCUT2D eigenvalue weighted by atomic mass is 16.6. The molecule has 1 amide bonds. The van der Waals surface area contributed by atoms with Gasteiger partial charge in [-0.15, -0.1) is 0 Å². The van der Waals surface area contributed by atoms with Crippen molar-refractivity contribution in [3.05, 3.63) is 74.3 Å². The molecule has 10 nitrogen and oxygen atoms in total. The second-order valence-corrected chi connectivity index (χ2v) is 7.47. The largest absolute Gasteiger partial charge is 0.383 e. The number of benzene rings is 2.